The van der Waals surface area contributed by atoms with Crippen molar-refractivity contribution in [2.45, 2.75) is 61.6 Å². The third kappa shape index (κ3) is 4.23. The van der Waals surface area contributed by atoms with Gasteiger partial charge in [0.25, 0.3) is 0 Å². The van der Waals surface area contributed by atoms with Crippen molar-refractivity contribution in [2.75, 3.05) is 17.7 Å². The van der Waals surface area contributed by atoms with Gasteiger partial charge in [-0.25, -0.2) is 23.4 Å². The SMILES string of the molecule is CCCSc1nc(NC2CC2c2ccc(F)c(F)c2)c2nnn(C3CC(CO)C(O)C3O)c2n1. The molecule has 34 heavy (non-hydrogen) atoms. The van der Waals surface area contributed by atoms with Crippen LogP contribution in [0.2, 0.25) is 0 Å². The molecule has 5 rings (SSSR count). The Morgan fingerprint density at radius 3 is 2.68 bits per heavy atom. The molecule has 182 valence electrons. The van der Waals surface area contributed by atoms with E-state index in [2.05, 4.69) is 32.5 Å². The van der Waals surface area contributed by atoms with Crippen LogP contribution in [0.5, 0.6) is 0 Å². The number of hydrogen-bond acceptors (Lipinski definition) is 9. The number of halogens is 2. The Labute approximate surface area is 198 Å². The maximum absolute atomic E-state index is 13.7. The highest BCUT2D eigenvalue weighted by Gasteiger charge is 2.44. The summed E-state index contributed by atoms with van der Waals surface area (Å²) in [7, 11) is 0. The van der Waals surface area contributed by atoms with Gasteiger partial charge in [0.15, 0.2) is 33.8 Å². The van der Waals surface area contributed by atoms with Crippen LogP contribution in [-0.4, -0.2) is 70.9 Å². The summed E-state index contributed by atoms with van der Waals surface area (Å²) in [6.45, 7) is 1.81. The first-order valence-corrected chi connectivity index (χ1v) is 12.3. The average molecular weight is 493 g/mol. The van der Waals surface area contributed by atoms with Gasteiger partial charge in [-0.05, 0) is 37.0 Å². The van der Waals surface area contributed by atoms with Crippen LogP contribution in [0.3, 0.4) is 0 Å². The molecular formula is C22H26F2N6O3S. The van der Waals surface area contributed by atoms with E-state index >= 15 is 0 Å². The Kier molecular flexibility index (Phi) is 6.40. The molecule has 2 aliphatic rings. The van der Waals surface area contributed by atoms with Gasteiger partial charge in [-0.2, -0.15) is 0 Å². The molecule has 12 heteroatoms. The van der Waals surface area contributed by atoms with Gasteiger partial charge < -0.3 is 20.6 Å². The van der Waals surface area contributed by atoms with Gasteiger partial charge in [0.05, 0.1) is 12.1 Å². The molecule has 4 N–H and O–H groups in total. The molecule has 0 saturated heterocycles. The van der Waals surface area contributed by atoms with Crippen LogP contribution >= 0.6 is 11.8 Å². The van der Waals surface area contributed by atoms with E-state index in [0.717, 1.165) is 24.7 Å². The van der Waals surface area contributed by atoms with Crippen LogP contribution in [0.1, 0.15) is 43.7 Å². The zero-order valence-corrected chi connectivity index (χ0v) is 19.3. The van der Waals surface area contributed by atoms with E-state index < -0.39 is 35.8 Å². The lowest BCUT2D eigenvalue weighted by Crippen LogP contribution is -2.30. The van der Waals surface area contributed by atoms with Gasteiger partial charge in [0.2, 0.25) is 0 Å². The third-order valence-electron chi connectivity index (χ3n) is 6.54. The minimum atomic E-state index is -1.11. The number of aliphatic hydroxyl groups excluding tert-OH is 3. The summed E-state index contributed by atoms with van der Waals surface area (Å²) in [4.78, 5) is 9.24. The summed E-state index contributed by atoms with van der Waals surface area (Å²) in [5.74, 6) is -0.896. The Hall–Kier alpha value is -2.41. The number of aliphatic hydroxyl groups is 3. The monoisotopic (exact) mass is 492 g/mol. The lowest BCUT2D eigenvalue weighted by atomic mass is 10.1. The molecule has 2 fully saturated rings. The molecular weight excluding hydrogens is 466 g/mol. The van der Waals surface area contributed by atoms with Crippen LogP contribution in [0.15, 0.2) is 23.4 Å². The molecule has 0 spiro atoms. The topological polar surface area (TPSA) is 129 Å². The number of anilines is 1. The summed E-state index contributed by atoms with van der Waals surface area (Å²) >= 11 is 1.48. The highest BCUT2D eigenvalue weighted by Crippen LogP contribution is 2.44. The summed E-state index contributed by atoms with van der Waals surface area (Å²) in [5.41, 5.74) is 1.56. The van der Waals surface area contributed by atoms with Crippen molar-refractivity contribution in [2.24, 2.45) is 5.92 Å². The predicted octanol–water partition coefficient (Wildman–Crippen LogP) is 2.24. The number of nitrogens with one attached hydrogen (secondary N) is 1. The lowest BCUT2D eigenvalue weighted by Gasteiger charge is -2.17. The molecule has 0 aliphatic heterocycles. The molecule has 3 aromatic rings. The number of benzene rings is 1. The Balaban J connectivity index is 1.45. The van der Waals surface area contributed by atoms with E-state index in [4.69, 9.17) is 0 Å². The quantitative estimate of drug-likeness (QED) is 0.276. The van der Waals surface area contributed by atoms with Gasteiger partial charge in [0.1, 0.15) is 6.10 Å². The molecule has 2 aliphatic carbocycles. The van der Waals surface area contributed by atoms with Gasteiger partial charge in [-0.3, -0.25) is 0 Å². The van der Waals surface area contributed by atoms with E-state index in [1.54, 1.807) is 6.07 Å². The zero-order chi connectivity index (χ0) is 24.0. The summed E-state index contributed by atoms with van der Waals surface area (Å²) in [6, 6.07) is 3.33. The largest absolute Gasteiger partial charge is 0.396 e. The molecule has 0 radical (unpaired) electrons. The van der Waals surface area contributed by atoms with Crippen molar-refractivity contribution in [1.29, 1.82) is 0 Å². The maximum Gasteiger partial charge on any atom is 0.191 e. The molecule has 6 atom stereocenters. The number of fused-ring (bicyclic) bond motifs is 1. The van der Waals surface area contributed by atoms with Gasteiger partial charge in [-0.1, -0.05) is 30.0 Å². The van der Waals surface area contributed by atoms with Crippen molar-refractivity contribution < 1.29 is 24.1 Å². The minimum absolute atomic E-state index is 0.0130. The molecule has 2 saturated carbocycles. The predicted molar refractivity (Wildman–Crippen MR) is 122 cm³/mol. The molecule has 2 aromatic heterocycles. The second kappa shape index (κ2) is 9.33. The number of hydrogen-bond donors (Lipinski definition) is 4. The van der Waals surface area contributed by atoms with Gasteiger partial charge in [0, 0.05) is 30.2 Å². The van der Waals surface area contributed by atoms with Crippen LogP contribution in [0.4, 0.5) is 14.6 Å². The first-order chi connectivity index (χ1) is 16.4. The molecule has 6 unspecified atom stereocenters. The fraction of sp³-hybridized carbons (Fsp3) is 0.545. The summed E-state index contributed by atoms with van der Waals surface area (Å²) in [5, 5.41) is 42.7. The highest BCUT2D eigenvalue weighted by atomic mass is 32.2. The molecule has 2 heterocycles. The highest BCUT2D eigenvalue weighted by molar-refractivity contribution is 7.99. The Morgan fingerprint density at radius 1 is 1.15 bits per heavy atom. The summed E-state index contributed by atoms with van der Waals surface area (Å²) < 4.78 is 28.5. The second-order valence-electron chi connectivity index (χ2n) is 8.90. The molecule has 0 amide bonds. The van der Waals surface area contributed by atoms with E-state index in [1.807, 2.05) is 0 Å². The number of thioether (sulfide) groups is 1. The Bertz CT molecular complexity index is 1200. The number of aromatic nitrogens is 5. The minimum Gasteiger partial charge on any atom is -0.396 e. The molecule has 9 nitrogen and oxygen atoms in total. The normalized spacial score (nSPS) is 28.5. The van der Waals surface area contributed by atoms with Crippen LogP contribution in [0.25, 0.3) is 11.2 Å². The number of nitrogens with zero attached hydrogens (tertiary/aromatic N) is 5. The van der Waals surface area contributed by atoms with Crippen molar-refractivity contribution in [1.82, 2.24) is 25.0 Å². The van der Waals surface area contributed by atoms with Crippen molar-refractivity contribution in [3.05, 3.63) is 35.4 Å². The standard InChI is InChI=1S/C22H26F2N6O3S/c1-2-5-34-22-26-20(25-15-8-12(15)10-3-4-13(23)14(24)6-10)17-21(27-22)30(29-28-17)16-7-11(9-31)18(32)19(16)33/h3-4,6,11-12,15-16,18-19,31-33H,2,5,7-9H2,1H3,(H,25,26,27). The molecule has 0 bridgehead atoms. The van der Waals surface area contributed by atoms with E-state index in [-0.39, 0.29) is 18.6 Å². The van der Waals surface area contributed by atoms with E-state index in [0.29, 0.717) is 34.1 Å². The van der Waals surface area contributed by atoms with Crippen molar-refractivity contribution in [3.8, 4) is 0 Å². The van der Waals surface area contributed by atoms with Crippen LogP contribution in [0, 0.1) is 17.6 Å². The third-order valence-corrected chi connectivity index (χ3v) is 7.60. The summed E-state index contributed by atoms with van der Waals surface area (Å²) in [6.07, 6.45) is -0.179. The average Bonchev–Trinajstić information content (AvgIpc) is 3.37. The van der Waals surface area contributed by atoms with Gasteiger partial charge in [-0.15, -0.1) is 5.10 Å². The van der Waals surface area contributed by atoms with Gasteiger partial charge >= 0.3 is 0 Å². The fourth-order valence-electron chi connectivity index (χ4n) is 4.56. The number of rotatable bonds is 8. The van der Waals surface area contributed by atoms with Crippen LogP contribution in [-0.2, 0) is 0 Å². The van der Waals surface area contributed by atoms with Crippen molar-refractivity contribution >= 4 is 28.7 Å². The lowest BCUT2D eigenvalue weighted by molar-refractivity contribution is -0.00512. The molecule has 1 aromatic carbocycles. The van der Waals surface area contributed by atoms with E-state index in [1.165, 1.54) is 22.5 Å². The smallest absolute Gasteiger partial charge is 0.191 e. The first kappa shape index (κ1) is 23.3. The Morgan fingerprint density at radius 2 is 1.97 bits per heavy atom. The van der Waals surface area contributed by atoms with Crippen LogP contribution < -0.4 is 5.32 Å². The first-order valence-electron chi connectivity index (χ1n) is 11.4. The fourth-order valence-corrected chi connectivity index (χ4v) is 5.25. The second-order valence-corrected chi connectivity index (χ2v) is 9.97. The maximum atomic E-state index is 13.7. The van der Waals surface area contributed by atoms with E-state index in [9.17, 15) is 24.1 Å². The zero-order valence-electron chi connectivity index (χ0n) is 18.5. The van der Waals surface area contributed by atoms with Crippen molar-refractivity contribution in [3.63, 3.8) is 0 Å².